The molecule has 0 saturated heterocycles. The van der Waals surface area contributed by atoms with Crippen molar-refractivity contribution < 1.29 is 4.79 Å². The molecule has 5 heteroatoms. The van der Waals surface area contributed by atoms with Gasteiger partial charge in [0.2, 0.25) is 0 Å². The zero-order chi connectivity index (χ0) is 21.5. The van der Waals surface area contributed by atoms with Gasteiger partial charge < -0.3 is 10.6 Å². The minimum absolute atomic E-state index is 0.110. The highest BCUT2D eigenvalue weighted by atomic mass is 35.5. The number of hydrogen-bond acceptors (Lipinski definition) is 3. The Morgan fingerprint density at radius 1 is 0.871 bits per heavy atom. The predicted molar refractivity (Wildman–Crippen MR) is 126 cm³/mol. The van der Waals surface area contributed by atoms with Gasteiger partial charge in [-0.1, -0.05) is 54.1 Å². The number of halogens is 1. The molecule has 31 heavy (non-hydrogen) atoms. The number of aromatic nitrogens is 1. The van der Waals surface area contributed by atoms with E-state index in [1.54, 1.807) is 12.4 Å². The number of anilines is 1. The molecule has 0 aliphatic carbocycles. The summed E-state index contributed by atoms with van der Waals surface area (Å²) in [7, 11) is 0. The average molecular weight is 428 g/mol. The first-order chi connectivity index (χ1) is 15.2. The van der Waals surface area contributed by atoms with Gasteiger partial charge in [-0.15, -0.1) is 0 Å². The van der Waals surface area contributed by atoms with Gasteiger partial charge in [0.05, 0.1) is 0 Å². The lowest BCUT2D eigenvalue weighted by Crippen LogP contribution is -2.22. The second-order valence-corrected chi connectivity index (χ2v) is 7.58. The van der Waals surface area contributed by atoms with Crippen molar-refractivity contribution in [1.29, 1.82) is 0 Å². The van der Waals surface area contributed by atoms with Gasteiger partial charge in [0.25, 0.3) is 5.91 Å². The number of amides is 1. The van der Waals surface area contributed by atoms with Crippen LogP contribution in [0.1, 0.15) is 21.5 Å². The highest BCUT2D eigenvalue weighted by molar-refractivity contribution is 6.30. The van der Waals surface area contributed by atoms with Crippen molar-refractivity contribution in [2.24, 2.45) is 0 Å². The Bertz CT molecular complexity index is 1160. The summed E-state index contributed by atoms with van der Waals surface area (Å²) < 4.78 is 0. The lowest BCUT2D eigenvalue weighted by Gasteiger charge is -2.12. The topological polar surface area (TPSA) is 54.0 Å². The van der Waals surface area contributed by atoms with Gasteiger partial charge in [-0.2, -0.15) is 0 Å². The van der Waals surface area contributed by atoms with Crippen LogP contribution in [0.25, 0.3) is 11.1 Å². The number of rotatable bonds is 7. The van der Waals surface area contributed by atoms with E-state index in [2.05, 4.69) is 33.8 Å². The van der Waals surface area contributed by atoms with E-state index in [0.717, 1.165) is 27.4 Å². The Kier molecular flexibility index (Phi) is 6.60. The average Bonchev–Trinajstić information content (AvgIpc) is 2.82. The van der Waals surface area contributed by atoms with Gasteiger partial charge in [-0.25, -0.2) is 0 Å². The van der Waals surface area contributed by atoms with Crippen molar-refractivity contribution >= 4 is 23.2 Å². The lowest BCUT2D eigenvalue weighted by molar-refractivity contribution is 0.0951. The summed E-state index contributed by atoms with van der Waals surface area (Å²) in [5, 5.41) is 7.07. The first-order valence-corrected chi connectivity index (χ1v) is 10.4. The molecule has 1 aromatic heterocycles. The van der Waals surface area contributed by atoms with Gasteiger partial charge >= 0.3 is 0 Å². The molecule has 0 saturated carbocycles. The highest BCUT2D eigenvalue weighted by Gasteiger charge is 2.07. The van der Waals surface area contributed by atoms with E-state index in [9.17, 15) is 4.79 Å². The molecule has 0 radical (unpaired) electrons. The Hall–Kier alpha value is -3.63. The van der Waals surface area contributed by atoms with E-state index in [1.165, 1.54) is 5.56 Å². The van der Waals surface area contributed by atoms with Gasteiger partial charge in [-0.3, -0.25) is 9.78 Å². The van der Waals surface area contributed by atoms with E-state index < -0.39 is 0 Å². The van der Waals surface area contributed by atoms with E-state index in [0.29, 0.717) is 18.7 Å². The standard InChI is InChI=1S/C26H22ClN3O/c27-23-8-3-7-21(15-23)25-9-2-1-6-22(25)18-29-24-12-10-20(11-13-24)26(31)30-17-19-5-4-14-28-16-19/h1-16,29H,17-18H2,(H,30,31). The molecule has 0 unspecified atom stereocenters. The van der Waals surface area contributed by atoms with Crippen LogP contribution in [-0.2, 0) is 13.1 Å². The molecule has 3 aromatic carbocycles. The Morgan fingerprint density at radius 3 is 2.48 bits per heavy atom. The summed E-state index contributed by atoms with van der Waals surface area (Å²) in [4.78, 5) is 16.4. The van der Waals surface area contributed by atoms with Crippen molar-refractivity contribution in [1.82, 2.24) is 10.3 Å². The van der Waals surface area contributed by atoms with Crippen LogP contribution < -0.4 is 10.6 Å². The number of carbonyl (C=O) groups is 1. The maximum atomic E-state index is 12.4. The van der Waals surface area contributed by atoms with Crippen molar-refractivity contribution in [3.63, 3.8) is 0 Å². The molecular formula is C26H22ClN3O. The molecule has 4 rings (SSSR count). The largest absolute Gasteiger partial charge is 0.381 e. The van der Waals surface area contributed by atoms with E-state index in [1.807, 2.05) is 66.7 Å². The second-order valence-electron chi connectivity index (χ2n) is 7.14. The van der Waals surface area contributed by atoms with Crippen LogP contribution in [0.15, 0.2) is 97.3 Å². The SMILES string of the molecule is O=C(NCc1cccnc1)c1ccc(NCc2ccccc2-c2cccc(Cl)c2)cc1. The van der Waals surface area contributed by atoms with Crippen LogP contribution in [0.5, 0.6) is 0 Å². The van der Waals surface area contributed by atoms with Crippen LogP contribution in [0.3, 0.4) is 0 Å². The summed E-state index contributed by atoms with van der Waals surface area (Å²) in [5.41, 5.74) is 5.93. The number of nitrogens with zero attached hydrogens (tertiary/aromatic N) is 1. The zero-order valence-corrected chi connectivity index (χ0v) is 17.6. The van der Waals surface area contributed by atoms with Crippen LogP contribution in [0.2, 0.25) is 5.02 Å². The second kappa shape index (κ2) is 9.92. The Labute approximate surface area is 186 Å². The van der Waals surface area contributed by atoms with Crippen molar-refractivity contribution in [3.8, 4) is 11.1 Å². The van der Waals surface area contributed by atoms with Gasteiger partial charge in [-0.05, 0) is 64.7 Å². The summed E-state index contributed by atoms with van der Waals surface area (Å²) >= 11 is 6.17. The minimum atomic E-state index is -0.110. The number of pyridine rings is 1. The molecule has 0 aliphatic heterocycles. The third-order valence-corrected chi connectivity index (χ3v) is 5.19. The molecule has 4 aromatic rings. The molecule has 2 N–H and O–H groups in total. The first kappa shape index (κ1) is 20.6. The molecule has 4 nitrogen and oxygen atoms in total. The monoisotopic (exact) mass is 427 g/mol. The maximum Gasteiger partial charge on any atom is 0.251 e. The van der Waals surface area contributed by atoms with Crippen molar-refractivity contribution in [2.45, 2.75) is 13.1 Å². The van der Waals surface area contributed by atoms with Gasteiger partial charge in [0.1, 0.15) is 0 Å². The summed E-state index contributed by atoms with van der Waals surface area (Å²) in [6, 6.07) is 27.4. The lowest BCUT2D eigenvalue weighted by atomic mass is 9.99. The van der Waals surface area contributed by atoms with Gasteiger partial charge in [0, 0.05) is 41.8 Å². The fourth-order valence-electron chi connectivity index (χ4n) is 3.34. The number of hydrogen-bond donors (Lipinski definition) is 2. The molecule has 154 valence electrons. The molecule has 0 fully saturated rings. The van der Waals surface area contributed by atoms with Crippen molar-refractivity contribution in [2.75, 3.05) is 5.32 Å². The summed E-state index contributed by atoms with van der Waals surface area (Å²) in [5.74, 6) is -0.110. The molecule has 0 aliphatic rings. The Balaban J connectivity index is 1.38. The van der Waals surface area contributed by atoms with E-state index in [-0.39, 0.29) is 5.91 Å². The smallest absolute Gasteiger partial charge is 0.251 e. The fraction of sp³-hybridized carbons (Fsp3) is 0.0769. The molecule has 0 spiro atoms. The normalized spacial score (nSPS) is 10.5. The van der Waals surface area contributed by atoms with Crippen LogP contribution in [0.4, 0.5) is 5.69 Å². The number of carbonyl (C=O) groups excluding carboxylic acids is 1. The number of benzene rings is 3. The fourth-order valence-corrected chi connectivity index (χ4v) is 3.53. The molecule has 0 atom stereocenters. The first-order valence-electron chi connectivity index (χ1n) is 10.0. The highest BCUT2D eigenvalue weighted by Crippen LogP contribution is 2.26. The predicted octanol–water partition coefficient (Wildman–Crippen LogP) is 5.94. The van der Waals surface area contributed by atoms with Gasteiger partial charge in [0.15, 0.2) is 0 Å². The van der Waals surface area contributed by atoms with Crippen LogP contribution in [0, 0.1) is 0 Å². The van der Waals surface area contributed by atoms with Crippen LogP contribution in [-0.4, -0.2) is 10.9 Å². The third-order valence-electron chi connectivity index (χ3n) is 4.96. The zero-order valence-electron chi connectivity index (χ0n) is 16.9. The van der Waals surface area contributed by atoms with E-state index in [4.69, 9.17) is 11.6 Å². The molecule has 0 bridgehead atoms. The van der Waals surface area contributed by atoms with Crippen molar-refractivity contribution in [3.05, 3.63) is 119 Å². The minimum Gasteiger partial charge on any atom is -0.381 e. The maximum absolute atomic E-state index is 12.4. The van der Waals surface area contributed by atoms with E-state index >= 15 is 0 Å². The summed E-state index contributed by atoms with van der Waals surface area (Å²) in [6.45, 7) is 1.11. The third kappa shape index (κ3) is 5.50. The molecular weight excluding hydrogens is 406 g/mol. The molecule has 1 amide bonds. The quantitative estimate of drug-likeness (QED) is 0.383. The number of nitrogens with one attached hydrogen (secondary N) is 2. The summed E-state index contributed by atoms with van der Waals surface area (Å²) in [6.07, 6.45) is 3.46. The Morgan fingerprint density at radius 2 is 1.71 bits per heavy atom. The van der Waals surface area contributed by atoms with Crippen LogP contribution >= 0.6 is 11.6 Å². The molecule has 1 heterocycles.